The Hall–Kier alpha value is -2.63. The summed E-state index contributed by atoms with van der Waals surface area (Å²) in [7, 11) is -3.31. The second kappa shape index (κ2) is 9.08. The summed E-state index contributed by atoms with van der Waals surface area (Å²) in [6, 6.07) is 3.88. The van der Waals surface area contributed by atoms with Crippen molar-refractivity contribution in [2.45, 2.75) is 50.9 Å². The van der Waals surface area contributed by atoms with Gasteiger partial charge in [0.1, 0.15) is 0 Å². The molecule has 1 fully saturated rings. The van der Waals surface area contributed by atoms with Crippen LogP contribution in [-0.2, 0) is 22.1 Å². The van der Waals surface area contributed by atoms with E-state index < -0.39 is 15.6 Å². The lowest BCUT2D eigenvalue weighted by Gasteiger charge is -2.24. The van der Waals surface area contributed by atoms with Crippen LogP contribution in [0.1, 0.15) is 45.0 Å². The largest absolute Gasteiger partial charge is 0.477 e. The van der Waals surface area contributed by atoms with Crippen molar-refractivity contribution >= 4 is 26.5 Å². The summed E-state index contributed by atoms with van der Waals surface area (Å²) in [4.78, 5) is 17.6. The molecule has 3 heterocycles. The highest BCUT2D eigenvalue weighted by atomic mass is 32.2. The van der Waals surface area contributed by atoms with Crippen molar-refractivity contribution in [1.29, 1.82) is 0 Å². The Balaban J connectivity index is 1.38. The first-order valence-corrected chi connectivity index (χ1v) is 12.8. The fourth-order valence-corrected chi connectivity index (χ4v) is 5.45. The third-order valence-electron chi connectivity index (χ3n) is 5.07. The van der Waals surface area contributed by atoms with Gasteiger partial charge in [-0.2, -0.15) is 0 Å². The van der Waals surface area contributed by atoms with Crippen LogP contribution in [0, 0.1) is 0 Å². The van der Waals surface area contributed by atoms with Gasteiger partial charge < -0.3 is 10.1 Å². The quantitative estimate of drug-likeness (QED) is 0.459. The maximum Gasteiger partial charge on any atom is 0.237 e. The molecule has 0 aliphatic heterocycles. The second-order valence-corrected chi connectivity index (χ2v) is 10.9. The fourth-order valence-electron chi connectivity index (χ4n) is 2.98. The van der Waals surface area contributed by atoms with E-state index in [-0.39, 0.29) is 5.25 Å². The zero-order valence-corrected chi connectivity index (χ0v) is 19.8. The summed E-state index contributed by atoms with van der Waals surface area (Å²) in [5.74, 6) is 0.486. The van der Waals surface area contributed by atoms with E-state index >= 15 is 0 Å². The Labute approximate surface area is 191 Å². The smallest absolute Gasteiger partial charge is 0.237 e. The van der Waals surface area contributed by atoms with Crippen LogP contribution >= 0.6 is 11.3 Å². The van der Waals surface area contributed by atoms with E-state index in [9.17, 15) is 8.42 Å². The lowest BCUT2D eigenvalue weighted by atomic mass is 10.0. The number of nitrogens with one attached hydrogen (secondary N) is 2. The predicted molar refractivity (Wildman–Crippen MR) is 124 cm³/mol. The minimum Gasteiger partial charge on any atom is -0.477 e. The molecule has 0 atom stereocenters. The molecule has 3 aromatic heterocycles. The molecule has 0 radical (unpaired) electrons. The molecule has 11 heteroatoms. The summed E-state index contributed by atoms with van der Waals surface area (Å²) in [6.45, 7) is 6.97. The summed E-state index contributed by atoms with van der Waals surface area (Å²) in [5.41, 5.74) is 2.73. The van der Waals surface area contributed by atoms with Crippen LogP contribution in [0.2, 0.25) is 0 Å². The van der Waals surface area contributed by atoms with Crippen molar-refractivity contribution in [3.63, 3.8) is 0 Å². The van der Waals surface area contributed by atoms with Gasteiger partial charge in [0.05, 0.1) is 46.9 Å². The van der Waals surface area contributed by atoms with E-state index in [1.54, 1.807) is 18.6 Å². The highest BCUT2D eigenvalue weighted by Gasteiger charge is 2.36. The van der Waals surface area contributed by atoms with E-state index in [0.29, 0.717) is 29.9 Å². The Morgan fingerprint density at radius 2 is 2.00 bits per heavy atom. The molecule has 32 heavy (non-hydrogen) atoms. The third-order valence-corrected chi connectivity index (χ3v) is 7.79. The summed E-state index contributed by atoms with van der Waals surface area (Å²) >= 11 is 1.29. The number of ether oxygens (including phenoxy) is 1. The molecule has 4 rings (SSSR count). The van der Waals surface area contributed by atoms with Crippen LogP contribution < -0.4 is 14.8 Å². The van der Waals surface area contributed by atoms with Gasteiger partial charge in [-0.3, -0.25) is 14.7 Å². The monoisotopic (exact) mass is 474 g/mol. The fraction of sp³-hybridized carbons (Fsp3) is 0.429. The molecular weight excluding hydrogens is 448 g/mol. The minimum absolute atomic E-state index is 0.275. The van der Waals surface area contributed by atoms with Crippen molar-refractivity contribution in [3.8, 4) is 17.1 Å². The Morgan fingerprint density at radius 1 is 1.19 bits per heavy atom. The molecule has 0 amide bonds. The normalized spacial score (nSPS) is 14.3. The van der Waals surface area contributed by atoms with E-state index in [4.69, 9.17) is 4.74 Å². The third kappa shape index (κ3) is 5.40. The average molecular weight is 475 g/mol. The van der Waals surface area contributed by atoms with Gasteiger partial charge in [-0.05, 0) is 45.7 Å². The van der Waals surface area contributed by atoms with E-state index in [1.807, 2.05) is 38.3 Å². The van der Waals surface area contributed by atoms with Gasteiger partial charge in [0, 0.05) is 23.7 Å². The SMILES string of the molecule is CCOc1cncc(-c2ccc(CNC(C)(C)c3csc(NS(=O)(=O)C4CC4)n3)nc2)n1. The average Bonchev–Trinajstić information content (AvgIpc) is 3.54. The van der Waals surface area contributed by atoms with E-state index in [1.165, 1.54) is 11.3 Å². The number of thiazole rings is 1. The lowest BCUT2D eigenvalue weighted by molar-refractivity contribution is 0.325. The highest BCUT2D eigenvalue weighted by molar-refractivity contribution is 7.93. The highest BCUT2D eigenvalue weighted by Crippen LogP contribution is 2.32. The summed E-state index contributed by atoms with van der Waals surface area (Å²) in [5, 5.41) is 5.44. The van der Waals surface area contributed by atoms with Gasteiger partial charge in [-0.15, -0.1) is 11.3 Å². The number of hydrogen-bond acceptors (Lipinski definition) is 9. The number of pyridine rings is 1. The molecule has 0 bridgehead atoms. The van der Waals surface area contributed by atoms with Crippen LogP contribution in [0.25, 0.3) is 11.3 Å². The van der Waals surface area contributed by atoms with Gasteiger partial charge in [0.15, 0.2) is 5.13 Å². The zero-order valence-electron chi connectivity index (χ0n) is 18.2. The summed E-state index contributed by atoms with van der Waals surface area (Å²) < 4.78 is 32.3. The second-order valence-electron chi connectivity index (χ2n) is 8.08. The van der Waals surface area contributed by atoms with Crippen LogP contribution in [0.15, 0.2) is 36.1 Å². The maximum atomic E-state index is 12.1. The van der Waals surface area contributed by atoms with E-state index in [0.717, 1.165) is 29.8 Å². The van der Waals surface area contributed by atoms with Crippen molar-refractivity contribution in [2.24, 2.45) is 0 Å². The topological polar surface area (TPSA) is 119 Å². The molecule has 1 saturated carbocycles. The first-order chi connectivity index (χ1) is 15.3. The number of rotatable bonds is 10. The van der Waals surface area contributed by atoms with Gasteiger partial charge >= 0.3 is 0 Å². The van der Waals surface area contributed by atoms with E-state index in [2.05, 4.69) is 30.0 Å². The summed E-state index contributed by atoms with van der Waals surface area (Å²) in [6.07, 6.45) is 6.46. The van der Waals surface area contributed by atoms with Crippen LogP contribution in [0.4, 0.5) is 5.13 Å². The molecule has 2 N–H and O–H groups in total. The van der Waals surface area contributed by atoms with Gasteiger partial charge in [-0.1, -0.05) is 0 Å². The molecule has 170 valence electrons. The first-order valence-electron chi connectivity index (χ1n) is 10.4. The van der Waals surface area contributed by atoms with Crippen LogP contribution in [-0.4, -0.2) is 40.2 Å². The molecule has 1 aliphatic carbocycles. The molecule has 0 aromatic carbocycles. The standard InChI is InChI=1S/C21H26N6O3S2/c1-4-30-19-12-22-11-17(25-19)14-5-6-15(23-9-14)10-24-21(2,3)18-13-31-20(26-18)27-32(28,29)16-7-8-16/h5-6,9,11-13,16,24H,4,7-8,10H2,1-3H3,(H,26,27). The number of nitrogens with zero attached hydrogens (tertiary/aromatic N) is 4. The number of hydrogen-bond donors (Lipinski definition) is 2. The Morgan fingerprint density at radius 3 is 2.69 bits per heavy atom. The number of sulfonamides is 1. The van der Waals surface area contributed by atoms with Crippen LogP contribution in [0.5, 0.6) is 5.88 Å². The number of aromatic nitrogens is 4. The number of anilines is 1. The van der Waals surface area contributed by atoms with Crippen molar-refractivity contribution in [1.82, 2.24) is 25.3 Å². The van der Waals surface area contributed by atoms with Gasteiger partial charge in [0.2, 0.25) is 15.9 Å². The van der Waals surface area contributed by atoms with Crippen molar-refractivity contribution in [3.05, 3.63) is 47.5 Å². The molecule has 9 nitrogen and oxygen atoms in total. The molecule has 0 saturated heterocycles. The Bertz CT molecular complexity index is 1170. The van der Waals surface area contributed by atoms with Crippen LogP contribution in [0.3, 0.4) is 0 Å². The van der Waals surface area contributed by atoms with Crippen molar-refractivity contribution in [2.75, 3.05) is 11.3 Å². The molecule has 3 aromatic rings. The predicted octanol–water partition coefficient (Wildman–Crippen LogP) is 3.32. The van der Waals surface area contributed by atoms with Crippen molar-refractivity contribution < 1.29 is 13.2 Å². The minimum atomic E-state index is -3.31. The molecular formula is C21H26N6O3S2. The lowest BCUT2D eigenvalue weighted by Crippen LogP contribution is -2.36. The maximum absolute atomic E-state index is 12.1. The molecule has 1 aliphatic rings. The molecule has 0 spiro atoms. The zero-order chi connectivity index (χ0) is 22.8. The molecule has 0 unspecified atom stereocenters. The van der Waals surface area contributed by atoms with Gasteiger partial charge in [-0.25, -0.2) is 18.4 Å². The Kier molecular flexibility index (Phi) is 6.40. The first kappa shape index (κ1) is 22.6. The van der Waals surface area contributed by atoms with Gasteiger partial charge in [0.25, 0.3) is 0 Å².